The topological polar surface area (TPSA) is 142 Å². The summed E-state index contributed by atoms with van der Waals surface area (Å²) in [5.41, 5.74) is 6.99. The van der Waals surface area contributed by atoms with Gasteiger partial charge in [0.2, 0.25) is 5.76 Å². The van der Waals surface area contributed by atoms with Crippen molar-refractivity contribution in [1.82, 2.24) is 9.97 Å². The molecule has 4 rings (SSSR count). The molecule has 2 amide bonds. The number of carbonyl (C=O) groups is 2. The van der Waals surface area contributed by atoms with Crippen molar-refractivity contribution in [3.63, 3.8) is 0 Å². The summed E-state index contributed by atoms with van der Waals surface area (Å²) < 4.78 is 21.6. The second-order valence-electron chi connectivity index (χ2n) is 6.73. The summed E-state index contributed by atoms with van der Waals surface area (Å²) in [6.07, 6.45) is 4.23. The third-order valence-electron chi connectivity index (χ3n) is 4.77. The molecule has 0 bridgehead atoms. The van der Waals surface area contributed by atoms with E-state index in [-0.39, 0.29) is 30.8 Å². The van der Waals surface area contributed by atoms with Gasteiger partial charge in [-0.05, 0) is 17.7 Å². The van der Waals surface area contributed by atoms with Gasteiger partial charge in [-0.2, -0.15) is 0 Å². The van der Waals surface area contributed by atoms with E-state index in [1.807, 2.05) is 0 Å². The van der Waals surface area contributed by atoms with Gasteiger partial charge in [-0.15, -0.1) is 0 Å². The molecule has 1 aliphatic rings. The highest BCUT2D eigenvalue weighted by atomic mass is 16.5. The number of rotatable bonds is 8. The number of fused-ring (bicyclic) bond motifs is 1. The maximum absolute atomic E-state index is 12.9. The minimum Gasteiger partial charge on any atom is -0.493 e. The number of hydrogen-bond donors (Lipinski definition) is 2. The van der Waals surface area contributed by atoms with Gasteiger partial charge in [0.25, 0.3) is 11.8 Å². The molecule has 0 atom stereocenters. The number of methoxy groups -OCH3 is 2. The first kappa shape index (κ1) is 21.1. The summed E-state index contributed by atoms with van der Waals surface area (Å²) >= 11 is 0. The molecule has 0 spiro atoms. The summed E-state index contributed by atoms with van der Waals surface area (Å²) in [5, 5.41) is 2.66. The first-order valence-electron chi connectivity index (χ1n) is 9.66. The van der Waals surface area contributed by atoms with Crippen molar-refractivity contribution in [1.29, 1.82) is 0 Å². The van der Waals surface area contributed by atoms with E-state index in [2.05, 4.69) is 15.3 Å². The van der Waals surface area contributed by atoms with Crippen molar-refractivity contribution in [2.75, 3.05) is 37.6 Å². The molecule has 0 saturated carbocycles. The van der Waals surface area contributed by atoms with Crippen molar-refractivity contribution in [3.05, 3.63) is 53.7 Å². The number of benzene rings is 1. The van der Waals surface area contributed by atoms with Gasteiger partial charge in [0.05, 0.1) is 33.2 Å². The standard InChI is InChI=1S/C21H21N5O6/c1-29-16-7-12-11-26(20(28)13(12)8-17(16)30-2)21-24-10-18(32-21)19(27)25-14-9-23-5-3-15(14)31-6-4-22/h3,5,7-10H,4,6,11,22H2,1-2H3,(H,25,27). The van der Waals surface area contributed by atoms with Crippen LogP contribution in [0, 0.1) is 0 Å². The van der Waals surface area contributed by atoms with Crippen LogP contribution in [0.15, 0.2) is 41.2 Å². The van der Waals surface area contributed by atoms with Crippen LogP contribution in [0.1, 0.15) is 26.5 Å². The van der Waals surface area contributed by atoms with Crippen molar-refractivity contribution >= 4 is 23.5 Å². The van der Waals surface area contributed by atoms with Crippen LogP contribution in [0.25, 0.3) is 0 Å². The van der Waals surface area contributed by atoms with Gasteiger partial charge in [0, 0.05) is 24.4 Å². The molecule has 0 radical (unpaired) electrons. The van der Waals surface area contributed by atoms with Gasteiger partial charge in [-0.3, -0.25) is 19.5 Å². The van der Waals surface area contributed by atoms with Crippen molar-refractivity contribution in [2.24, 2.45) is 5.73 Å². The number of hydrogen-bond acceptors (Lipinski definition) is 9. The number of pyridine rings is 1. The van der Waals surface area contributed by atoms with Gasteiger partial charge in [-0.1, -0.05) is 0 Å². The number of nitrogens with zero attached hydrogens (tertiary/aromatic N) is 3. The summed E-state index contributed by atoms with van der Waals surface area (Å²) in [6, 6.07) is 4.95. The Morgan fingerprint density at radius 1 is 1.22 bits per heavy atom. The Labute approximate surface area is 183 Å². The van der Waals surface area contributed by atoms with Crippen molar-refractivity contribution < 1.29 is 28.2 Å². The second-order valence-corrected chi connectivity index (χ2v) is 6.73. The predicted molar refractivity (Wildman–Crippen MR) is 113 cm³/mol. The van der Waals surface area contributed by atoms with E-state index < -0.39 is 5.91 Å². The SMILES string of the molecule is COc1cc2c(cc1OC)C(=O)N(c1ncc(C(=O)Nc3cnccc3OCCN)o1)C2. The molecule has 3 heterocycles. The molecule has 166 valence electrons. The lowest BCUT2D eigenvalue weighted by molar-refractivity contribution is 0.0974. The van der Waals surface area contributed by atoms with E-state index in [1.165, 1.54) is 37.7 Å². The van der Waals surface area contributed by atoms with Crippen LogP contribution >= 0.6 is 0 Å². The molecular weight excluding hydrogens is 418 g/mol. The Morgan fingerprint density at radius 3 is 2.75 bits per heavy atom. The fourth-order valence-corrected chi connectivity index (χ4v) is 3.24. The van der Waals surface area contributed by atoms with Crippen LogP contribution < -0.4 is 30.2 Å². The average Bonchev–Trinajstić information content (AvgIpc) is 3.42. The van der Waals surface area contributed by atoms with E-state index in [1.54, 1.807) is 18.2 Å². The minimum atomic E-state index is -0.568. The molecule has 32 heavy (non-hydrogen) atoms. The first-order chi connectivity index (χ1) is 15.5. The first-order valence-corrected chi connectivity index (χ1v) is 9.66. The summed E-state index contributed by atoms with van der Waals surface area (Å²) in [6.45, 7) is 0.827. The zero-order valence-electron chi connectivity index (χ0n) is 17.5. The van der Waals surface area contributed by atoms with Gasteiger partial charge in [0.15, 0.2) is 11.5 Å². The highest BCUT2D eigenvalue weighted by Gasteiger charge is 2.33. The minimum absolute atomic E-state index is 0.0000700. The lowest BCUT2D eigenvalue weighted by Crippen LogP contribution is -2.23. The second kappa shape index (κ2) is 8.94. The van der Waals surface area contributed by atoms with E-state index in [4.69, 9.17) is 24.4 Å². The maximum atomic E-state index is 12.9. The molecular formula is C21H21N5O6. The van der Waals surface area contributed by atoms with Gasteiger partial charge in [0.1, 0.15) is 18.0 Å². The van der Waals surface area contributed by atoms with Gasteiger partial charge < -0.3 is 29.7 Å². The van der Waals surface area contributed by atoms with Crippen molar-refractivity contribution in [2.45, 2.75) is 6.54 Å². The van der Waals surface area contributed by atoms with Crippen LogP contribution in [0.4, 0.5) is 11.7 Å². The van der Waals surface area contributed by atoms with Crippen LogP contribution in [0.3, 0.4) is 0 Å². The Bertz CT molecular complexity index is 1160. The summed E-state index contributed by atoms with van der Waals surface area (Å²) in [4.78, 5) is 34.9. The number of nitrogens with one attached hydrogen (secondary N) is 1. The number of aromatic nitrogens is 2. The lowest BCUT2D eigenvalue weighted by atomic mass is 10.1. The molecule has 1 aliphatic heterocycles. The smallest absolute Gasteiger partial charge is 0.305 e. The fourth-order valence-electron chi connectivity index (χ4n) is 3.24. The van der Waals surface area contributed by atoms with Crippen LogP contribution in [-0.4, -0.2) is 49.2 Å². The van der Waals surface area contributed by atoms with Gasteiger partial charge in [-0.25, -0.2) is 4.98 Å². The van der Waals surface area contributed by atoms with Crippen LogP contribution in [-0.2, 0) is 6.54 Å². The van der Waals surface area contributed by atoms with E-state index in [9.17, 15) is 9.59 Å². The fraction of sp³-hybridized carbons (Fsp3) is 0.238. The van der Waals surface area contributed by atoms with E-state index in [0.717, 1.165) is 5.56 Å². The summed E-state index contributed by atoms with van der Waals surface area (Å²) in [7, 11) is 3.02. The number of amides is 2. The Hall–Kier alpha value is -4.12. The normalized spacial score (nSPS) is 12.5. The van der Waals surface area contributed by atoms with Gasteiger partial charge >= 0.3 is 6.01 Å². The van der Waals surface area contributed by atoms with E-state index in [0.29, 0.717) is 35.0 Å². The van der Waals surface area contributed by atoms with Crippen molar-refractivity contribution in [3.8, 4) is 17.2 Å². The van der Waals surface area contributed by atoms with E-state index >= 15 is 0 Å². The maximum Gasteiger partial charge on any atom is 0.305 e. The highest BCUT2D eigenvalue weighted by Crippen LogP contribution is 2.36. The largest absolute Gasteiger partial charge is 0.493 e. The molecule has 2 aromatic heterocycles. The molecule has 11 nitrogen and oxygen atoms in total. The number of nitrogens with two attached hydrogens (primary N) is 1. The predicted octanol–water partition coefficient (Wildman–Crippen LogP) is 1.84. The molecule has 0 aliphatic carbocycles. The zero-order valence-corrected chi connectivity index (χ0v) is 17.5. The molecule has 0 saturated heterocycles. The lowest BCUT2D eigenvalue weighted by Gasteiger charge is -2.11. The third kappa shape index (κ3) is 3.93. The number of carbonyl (C=O) groups excluding carboxylic acids is 2. The Kier molecular flexibility index (Phi) is 5.90. The molecule has 0 unspecified atom stereocenters. The Balaban J connectivity index is 1.52. The third-order valence-corrected chi connectivity index (χ3v) is 4.77. The summed E-state index contributed by atoms with van der Waals surface area (Å²) in [5.74, 6) is 0.413. The molecule has 11 heteroatoms. The number of ether oxygens (including phenoxy) is 3. The Morgan fingerprint density at radius 2 is 2.00 bits per heavy atom. The van der Waals surface area contributed by atoms with Crippen LogP contribution in [0.5, 0.6) is 17.2 Å². The average molecular weight is 439 g/mol. The number of anilines is 2. The molecule has 3 aromatic rings. The zero-order chi connectivity index (χ0) is 22.7. The molecule has 3 N–H and O–H groups in total. The quantitative estimate of drug-likeness (QED) is 0.537. The van der Waals surface area contributed by atoms with Crippen LogP contribution in [0.2, 0.25) is 0 Å². The highest BCUT2D eigenvalue weighted by molar-refractivity contribution is 6.09. The number of oxazole rings is 1. The molecule has 1 aromatic carbocycles. The molecule has 0 fully saturated rings. The monoisotopic (exact) mass is 439 g/mol.